The Morgan fingerprint density at radius 2 is 2.24 bits per heavy atom. The summed E-state index contributed by atoms with van der Waals surface area (Å²) >= 11 is 1.88. The molecule has 4 heteroatoms. The zero-order valence-electron chi connectivity index (χ0n) is 11.1. The number of hydrogen-bond donors (Lipinski definition) is 1. The van der Waals surface area contributed by atoms with Gasteiger partial charge in [0.1, 0.15) is 0 Å². The van der Waals surface area contributed by atoms with Crippen LogP contribution < -0.4 is 5.32 Å². The van der Waals surface area contributed by atoms with Crippen LogP contribution in [0.5, 0.6) is 0 Å². The van der Waals surface area contributed by atoms with Crippen molar-refractivity contribution >= 4 is 16.9 Å². The van der Waals surface area contributed by atoms with Crippen molar-refractivity contribution in [3.63, 3.8) is 0 Å². The molecule has 2 heterocycles. The van der Waals surface area contributed by atoms with Crippen LogP contribution in [0.15, 0.2) is 4.99 Å². The van der Waals surface area contributed by atoms with Gasteiger partial charge in [-0.05, 0) is 37.8 Å². The summed E-state index contributed by atoms with van der Waals surface area (Å²) in [5, 5.41) is 4.67. The third kappa shape index (κ3) is 4.51. The van der Waals surface area contributed by atoms with Gasteiger partial charge in [-0.15, -0.1) is 0 Å². The summed E-state index contributed by atoms with van der Waals surface area (Å²) in [5.74, 6) is 2.68. The van der Waals surface area contributed by atoms with Crippen LogP contribution in [-0.2, 0) is 0 Å². The minimum atomic E-state index is 0.718. The zero-order chi connectivity index (χ0) is 12.1. The standard InChI is InChI=1S/C13H25N3S/c1-11(9-16-5-3-4-6-16)7-14-13-15-8-12(2)10-17-13/h11-12H,3-10H2,1-2H3,(H,14,15). The number of thioether (sulfide) groups is 1. The van der Waals surface area contributed by atoms with Crippen LogP contribution in [0.25, 0.3) is 0 Å². The molecule has 2 aliphatic rings. The van der Waals surface area contributed by atoms with Gasteiger partial charge in [-0.2, -0.15) is 0 Å². The Labute approximate surface area is 109 Å². The van der Waals surface area contributed by atoms with Gasteiger partial charge in [-0.25, -0.2) is 0 Å². The third-order valence-electron chi connectivity index (χ3n) is 3.42. The van der Waals surface area contributed by atoms with Crippen LogP contribution in [0.3, 0.4) is 0 Å². The highest BCUT2D eigenvalue weighted by atomic mass is 32.2. The van der Waals surface area contributed by atoms with E-state index >= 15 is 0 Å². The number of amidine groups is 1. The van der Waals surface area contributed by atoms with Gasteiger partial charge in [0, 0.05) is 25.4 Å². The normalized spacial score (nSPS) is 27.9. The van der Waals surface area contributed by atoms with Crippen LogP contribution in [0, 0.1) is 11.8 Å². The number of likely N-dealkylation sites (tertiary alicyclic amines) is 1. The van der Waals surface area contributed by atoms with Crippen LogP contribution in [0.1, 0.15) is 26.7 Å². The highest BCUT2D eigenvalue weighted by molar-refractivity contribution is 8.13. The molecule has 2 aliphatic heterocycles. The van der Waals surface area contributed by atoms with Crippen molar-refractivity contribution in [2.24, 2.45) is 16.8 Å². The summed E-state index contributed by atoms with van der Waals surface area (Å²) in [7, 11) is 0. The maximum atomic E-state index is 4.57. The van der Waals surface area contributed by atoms with Crippen molar-refractivity contribution in [3.8, 4) is 0 Å². The van der Waals surface area contributed by atoms with E-state index < -0.39 is 0 Å². The van der Waals surface area contributed by atoms with Crippen molar-refractivity contribution in [1.29, 1.82) is 0 Å². The predicted octanol–water partition coefficient (Wildman–Crippen LogP) is 2.05. The van der Waals surface area contributed by atoms with E-state index in [2.05, 4.69) is 29.1 Å². The first kappa shape index (κ1) is 13.2. The van der Waals surface area contributed by atoms with E-state index in [4.69, 9.17) is 0 Å². The molecule has 3 nitrogen and oxygen atoms in total. The summed E-state index contributed by atoms with van der Waals surface area (Å²) in [4.78, 5) is 7.16. The van der Waals surface area contributed by atoms with Crippen LogP contribution >= 0.6 is 11.8 Å². The molecule has 2 rings (SSSR count). The third-order valence-corrected chi connectivity index (χ3v) is 4.70. The van der Waals surface area contributed by atoms with E-state index in [1.807, 2.05) is 11.8 Å². The molecular weight excluding hydrogens is 230 g/mol. The van der Waals surface area contributed by atoms with Crippen molar-refractivity contribution in [1.82, 2.24) is 10.2 Å². The minimum absolute atomic E-state index is 0.718. The van der Waals surface area contributed by atoms with Crippen molar-refractivity contribution in [2.45, 2.75) is 26.7 Å². The molecule has 1 saturated heterocycles. The first-order valence-electron chi connectivity index (χ1n) is 6.87. The molecular formula is C13H25N3S. The Morgan fingerprint density at radius 3 is 2.88 bits per heavy atom. The largest absolute Gasteiger partial charge is 0.365 e. The SMILES string of the molecule is CC1CN=C(NCC(C)CN2CCCC2)SC1. The molecule has 1 fully saturated rings. The van der Waals surface area contributed by atoms with E-state index in [9.17, 15) is 0 Å². The lowest BCUT2D eigenvalue weighted by Gasteiger charge is -2.23. The lowest BCUT2D eigenvalue weighted by Crippen LogP contribution is -2.34. The molecule has 2 atom stereocenters. The number of aliphatic imine (C=N–C) groups is 1. The summed E-state index contributed by atoms with van der Waals surface area (Å²) in [6, 6.07) is 0. The molecule has 0 amide bonds. The Morgan fingerprint density at radius 1 is 1.47 bits per heavy atom. The zero-order valence-corrected chi connectivity index (χ0v) is 11.9. The second kappa shape index (κ2) is 6.64. The molecule has 17 heavy (non-hydrogen) atoms. The number of nitrogens with one attached hydrogen (secondary N) is 1. The van der Waals surface area contributed by atoms with Crippen LogP contribution in [0.2, 0.25) is 0 Å². The molecule has 98 valence electrons. The van der Waals surface area contributed by atoms with Gasteiger partial charge >= 0.3 is 0 Å². The minimum Gasteiger partial charge on any atom is -0.365 e. The van der Waals surface area contributed by atoms with Crippen molar-refractivity contribution < 1.29 is 0 Å². The lowest BCUT2D eigenvalue weighted by atomic mass is 10.1. The summed E-state index contributed by atoms with van der Waals surface area (Å²) in [6.45, 7) is 10.5. The Kier molecular flexibility index (Phi) is 5.16. The number of nitrogens with zero attached hydrogens (tertiary/aromatic N) is 2. The second-order valence-corrected chi connectivity index (χ2v) is 6.56. The highest BCUT2D eigenvalue weighted by Crippen LogP contribution is 2.16. The number of rotatable bonds is 4. The van der Waals surface area contributed by atoms with E-state index in [1.165, 1.54) is 38.2 Å². The lowest BCUT2D eigenvalue weighted by molar-refractivity contribution is 0.288. The van der Waals surface area contributed by atoms with Gasteiger partial charge in [0.2, 0.25) is 0 Å². The first-order chi connectivity index (χ1) is 8.24. The molecule has 0 aromatic rings. The fraction of sp³-hybridized carbons (Fsp3) is 0.923. The van der Waals surface area contributed by atoms with E-state index in [0.717, 1.165) is 30.1 Å². The highest BCUT2D eigenvalue weighted by Gasteiger charge is 2.16. The molecule has 0 spiro atoms. The molecule has 0 aromatic carbocycles. The quantitative estimate of drug-likeness (QED) is 0.833. The Bertz CT molecular complexity index is 261. The predicted molar refractivity (Wildman–Crippen MR) is 76.8 cm³/mol. The molecule has 1 N–H and O–H groups in total. The van der Waals surface area contributed by atoms with Crippen molar-refractivity contribution in [2.75, 3.05) is 38.5 Å². The van der Waals surface area contributed by atoms with E-state index in [1.54, 1.807) is 0 Å². The topological polar surface area (TPSA) is 27.6 Å². The molecule has 0 aliphatic carbocycles. The van der Waals surface area contributed by atoms with Crippen LogP contribution in [-0.4, -0.2) is 48.5 Å². The smallest absolute Gasteiger partial charge is 0.156 e. The molecule has 0 bridgehead atoms. The van der Waals surface area contributed by atoms with Gasteiger partial charge in [0.15, 0.2) is 5.17 Å². The van der Waals surface area contributed by atoms with Crippen LogP contribution in [0.4, 0.5) is 0 Å². The van der Waals surface area contributed by atoms with Gasteiger partial charge in [0.05, 0.1) is 0 Å². The van der Waals surface area contributed by atoms with Gasteiger partial charge in [-0.1, -0.05) is 25.6 Å². The molecule has 0 aromatic heterocycles. The maximum Gasteiger partial charge on any atom is 0.156 e. The monoisotopic (exact) mass is 255 g/mol. The first-order valence-corrected chi connectivity index (χ1v) is 7.86. The fourth-order valence-corrected chi connectivity index (χ4v) is 3.30. The molecule has 0 radical (unpaired) electrons. The number of hydrogen-bond acceptors (Lipinski definition) is 4. The maximum absolute atomic E-state index is 4.57. The van der Waals surface area contributed by atoms with Gasteiger partial charge in [-0.3, -0.25) is 4.99 Å². The fourth-order valence-electron chi connectivity index (χ4n) is 2.40. The van der Waals surface area contributed by atoms with Gasteiger partial charge < -0.3 is 10.2 Å². The average Bonchev–Trinajstić information content (AvgIpc) is 2.81. The average molecular weight is 255 g/mol. The van der Waals surface area contributed by atoms with E-state index in [-0.39, 0.29) is 0 Å². The summed E-state index contributed by atoms with van der Waals surface area (Å²) in [5.41, 5.74) is 0. The second-order valence-electron chi connectivity index (χ2n) is 5.56. The van der Waals surface area contributed by atoms with Crippen molar-refractivity contribution in [3.05, 3.63) is 0 Å². The molecule has 2 unspecified atom stereocenters. The summed E-state index contributed by atoms with van der Waals surface area (Å²) in [6.07, 6.45) is 2.78. The molecule has 0 saturated carbocycles. The Balaban J connectivity index is 1.63. The van der Waals surface area contributed by atoms with Gasteiger partial charge in [0.25, 0.3) is 0 Å². The summed E-state index contributed by atoms with van der Waals surface area (Å²) < 4.78 is 0. The van der Waals surface area contributed by atoms with E-state index in [0.29, 0.717) is 0 Å². The Hall–Kier alpha value is -0.220.